The average Bonchev–Trinajstić information content (AvgIpc) is 2.73. The van der Waals surface area contributed by atoms with Crippen LogP contribution < -0.4 is 10.4 Å². The molecule has 6 heteroatoms. The van der Waals surface area contributed by atoms with Crippen molar-refractivity contribution in [2.24, 2.45) is 29.1 Å². The Bertz CT molecular complexity index is 1050. The smallest absolute Gasteiger partial charge is 0.345 e. The molecule has 2 aromatic heterocycles. The van der Waals surface area contributed by atoms with Crippen molar-refractivity contribution in [2.75, 3.05) is 0 Å². The minimum absolute atomic E-state index is 0.162. The van der Waals surface area contributed by atoms with Gasteiger partial charge in [-0.1, -0.05) is 20.8 Å². The van der Waals surface area contributed by atoms with Crippen LogP contribution in [0.1, 0.15) is 58.6 Å². The number of aliphatic hydroxyl groups excluding tert-OH is 2. The van der Waals surface area contributed by atoms with E-state index in [4.69, 9.17) is 9.15 Å². The zero-order valence-electron chi connectivity index (χ0n) is 18.5. The molecule has 8 unspecified atom stereocenters. The lowest BCUT2D eigenvalue weighted by Crippen LogP contribution is -2.68. The second-order valence-corrected chi connectivity index (χ2v) is 10.4. The summed E-state index contributed by atoms with van der Waals surface area (Å²) >= 11 is 0. The highest BCUT2D eigenvalue weighted by atomic mass is 16.5. The molecule has 6 nitrogen and oxygen atoms in total. The summed E-state index contributed by atoms with van der Waals surface area (Å²) in [4.78, 5) is 17.1. The van der Waals surface area contributed by atoms with Gasteiger partial charge in [0.15, 0.2) is 0 Å². The second kappa shape index (κ2) is 6.91. The van der Waals surface area contributed by atoms with Gasteiger partial charge in [-0.05, 0) is 61.5 Å². The van der Waals surface area contributed by atoms with Crippen LogP contribution in [0.4, 0.5) is 0 Å². The molecule has 0 spiro atoms. The second-order valence-electron chi connectivity index (χ2n) is 10.4. The van der Waals surface area contributed by atoms with E-state index < -0.39 is 29.4 Å². The van der Waals surface area contributed by atoms with Crippen LogP contribution >= 0.6 is 0 Å². The number of aromatic nitrogens is 1. The van der Waals surface area contributed by atoms with Gasteiger partial charge in [0, 0.05) is 29.9 Å². The number of hydrogen-bond donors (Lipinski definition) is 2. The highest BCUT2D eigenvalue weighted by Gasteiger charge is 2.66. The molecule has 31 heavy (non-hydrogen) atoms. The largest absolute Gasteiger partial charge is 0.484 e. The number of rotatable bonds is 1. The third-order valence-electron chi connectivity index (χ3n) is 8.82. The summed E-state index contributed by atoms with van der Waals surface area (Å²) in [6.07, 6.45) is 4.09. The maximum atomic E-state index is 13.0. The molecular weight excluding hydrogens is 394 g/mol. The Hall–Kier alpha value is -2.18. The van der Waals surface area contributed by atoms with Gasteiger partial charge in [-0.15, -0.1) is 0 Å². The van der Waals surface area contributed by atoms with Gasteiger partial charge in [-0.2, -0.15) is 0 Å². The molecule has 2 aromatic rings. The predicted octanol–water partition coefficient (Wildman–Crippen LogP) is 3.96. The minimum Gasteiger partial charge on any atom is -0.484 e. The van der Waals surface area contributed by atoms with Gasteiger partial charge in [-0.3, -0.25) is 4.98 Å². The maximum absolute atomic E-state index is 13.0. The van der Waals surface area contributed by atoms with E-state index in [-0.39, 0.29) is 16.9 Å². The standard InChI is InChI=1S/C25H31NO5/c1-13-7-8-24(3)16(14(13)2)10-19(27)25(4)22(24)21(28)20-18(31-25)11-17(30-23(20)29)15-6-5-9-26-12-15/h5-6,9,11-14,16,19,21-22,27-28H,7-8,10H2,1-4H3. The number of hydrogen-bond acceptors (Lipinski definition) is 6. The van der Waals surface area contributed by atoms with Crippen molar-refractivity contribution in [2.45, 2.75) is 64.8 Å². The van der Waals surface area contributed by atoms with Gasteiger partial charge in [0.1, 0.15) is 22.7 Å². The monoisotopic (exact) mass is 425 g/mol. The molecule has 5 rings (SSSR count). The molecule has 0 radical (unpaired) electrons. The zero-order valence-corrected chi connectivity index (χ0v) is 18.5. The Morgan fingerprint density at radius 3 is 2.71 bits per heavy atom. The van der Waals surface area contributed by atoms with Crippen LogP contribution in [0, 0.1) is 29.1 Å². The number of aliphatic hydroxyl groups is 2. The van der Waals surface area contributed by atoms with Crippen LogP contribution in [0.15, 0.2) is 39.8 Å². The fourth-order valence-corrected chi connectivity index (χ4v) is 6.88. The van der Waals surface area contributed by atoms with Gasteiger partial charge in [0.2, 0.25) is 0 Å². The Labute approximate surface area is 182 Å². The summed E-state index contributed by atoms with van der Waals surface area (Å²) in [6.45, 7) is 8.61. The van der Waals surface area contributed by atoms with Crippen molar-refractivity contribution in [1.29, 1.82) is 0 Å². The van der Waals surface area contributed by atoms with Crippen LogP contribution in [0.2, 0.25) is 0 Å². The summed E-state index contributed by atoms with van der Waals surface area (Å²) in [6, 6.07) is 5.21. The fraction of sp³-hybridized carbons (Fsp3) is 0.600. The van der Waals surface area contributed by atoms with Crippen molar-refractivity contribution in [1.82, 2.24) is 4.98 Å². The fourth-order valence-electron chi connectivity index (χ4n) is 6.88. The van der Waals surface area contributed by atoms with Gasteiger partial charge >= 0.3 is 5.63 Å². The Morgan fingerprint density at radius 1 is 1.23 bits per heavy atom. The van der Waals surface area contributed by atoms with Gasteiger partial charge in [0.25, 0.3) is 0 Å². The minimum atomic E-state index is -1.06. The van der Waals surface area contributed by atoms with Crippen molar-refractivity contribution in [3.8, 4) is 17.1 Å². The molecule has 1 aliphatic heterocycles. The number of pyridine rings is 1. The van der Waals surface area contributed by atoms with Crippen molar-refractivity contribution >= 4 is 0 Å². The average molecular weight is 426 g/mol. The quantitative estimate of drug-likeness (QED) is 0.719. The van der Waals surface area contributed by atoms with Crippen molar-refractivity contribution < 1.29 is 19.4 Å². The first-order valence-corrected chi connectivity index (χ1v) is 11.3. The first-order valence-electron chi connectivity index (χ1n) is 11.3. The molecule has 166 valence electrons. The summed E-state index contributed by atoms with van der Waals surface area (Å²) in [5.74, 6) is 1.47. The molecular formula is C25H31NO5. The van der Waals surface area contributed by atoms with E-state index in [9.17, 15) is 15.0 Å². The Balaban J connectivity index is 1.64. The van der Waals surface area contributed by atoms with Crippen LogP contribution in [0.5, 0.6) is 5.75 Å². The molecule has 3 heterocycles. The van der Waals surface area contributed by atoms with E-state index in [1.807, 2.05) is 6.92 Å². The molecule has 2 saturated carbocycles. The lowest BCUT2D eigenvalue weighted by molar-refractivity contribution is -0.237. The summed E-state index contributed by atoms with van der Waals surface area (Å²) in [5, 5.41) is 22.8. The normalized spacial score (nSPS) is 41.5. The molecule has 2 N–H and O–H groups in total. The predicted molar refractivity (Wildman–Crippen MR) is 115 cm³/mol. The highest BCUT2D eigenvalue weighted by molar-refractivity contribution is 5.59. The molecule has 2 fully saturated rings. The summed E-state index contributed by atoms with van der Waals surface area (Å²) in [7, 11) is 0. The number of ether oxygens (including phenoxy) is 1. The molecule has 0 bridgehead atoms. The van der Waals surface area contributed by atoms with Crippen LogP contribution in [-0.2, 0) is 0 Å². The third kappa shape index (κ3) is 2.84. The van der Waals surface area contributed by atoms with Crippen LogP contribution in [0.3, 0.4) is 0 Å². The van der Waals surface area contributed by atoms with Crippen LogP contribution in [0.25, 0.3) is 11.3 Å². The highest BCUT2D eigenvalue weighted by Crippen LogP contribution is 2.64. The van der Waals surface area contributed by atoms with Crippen LogP contribution in [-0.4, -0.2) is 26.9 Å². The summed E-state index contributed by atoms with van der Waals surface area (Å²) < 4.78 is 12.0. The Kier molecular flexibility index (Phi) is 4.61. The first kappa shape index (κ1) is 20.7. The maximum Gasteiger partial charge on any atom is 0.345 e. The van der Waals surface area contributed by atoms with Gasteiger partial charge < -0.3 is 19.4 Å². The topological polar surface area (TPSA) is 92.8 Å². The number of nitrogens with zero attached hydrogens (tertiary/aromatic N) is 1. The lowest BCUT2D eigenvalue weighted by Gasteiger charge is -2.63. The molecule has 0 saturated heterocycles. The van der Waals surface area contributed by atoms with E-state index in [0.717, 1.165) is 12.8 Å². The van der Waals surface area contributed by atoms with Gasteiger partial charge in [0.05, 0.1) is 12.2 Å². The molecule has 3 aliphatic rings. The van der Waals surface area contributed by atoms with Crippen molar-refractivity contribution in [3.63, 3.8) is 0 Å². The first-order chi connectivity index (χ1) is 14.7. The third-order valence-corrected chi connectivity index (χ3v) is 8.82. The lowest BCUT2D eigenvalue weighted by atomic mass is 9.45. The molecule has 0 aromatic carbocycles. The van der Waals surface area contributed by atoms with Crippen molar-refractivity contribution in [3.05, 3.63) is 46.6 Å². The van der Waals surface area contributed by atoms with E-state index in [2.05, 4.69) is 25.8 Å². The van der Waals surface area contributed by atoms with E-state index in [1.165, 1.54) is 0 Å². The molecule has 0 amide bonds. The molecule has 8 atom stereocenters. The Morgan fingerprint density at radius 2 is 2.00 bits per heavy atom. The van der Waals surface area contributed by atoms with Gasteiger partial charge in [-0.25, -0.2) is 4.79 Å². The zero-order chi connectivity index (χ0) is 22.1. The molecule has 2 aliphatic carbocycles. The van der Waals surface area contributed by atoms with E-state index in [1.54, 1.807) is 30.6 Å². The van der Waals surface area contributed by atoms with E-state index >= 15 is 0 Å². The SMILES string of the molecule is CC1CCC2(C)C(CC(O)C3(C)Oc4cc(-c5cccnc5)oc(=O)c4C(O)C23)C1C. The summed E-state index contributed by atoms with van der Waals surface area (Å²) in [5.41, 5.74) is -1.01. The van der Waals surface area contributed by atoms with E-state index in [0.29, 0.717) is 35.3 Å². The number of fused-ring (bicyclic) bond motifs is 4.